The quantitative estimate of drug-likeness (QED) is 0.839. The Kier molecular flexibility index (Phi) is 5.62. The molecule has 108 valence electrons. The van der Waals surface area contributed by atoms with Gasteiger partial charge in [-0.3, -0.25) is 0 Å². The summed E-state index contributed by atoms with van der Waals surface area (Å²) in [6, 6.07) is 5.99. The van der Waals surface area contributed by atoms with E-state index in [1.165, 1.54) is 12.1 Å². The zero-order valence-electron chi connectivity index (χ0n) is 11.0. The van der Waals surface area contributed by atoms with Crippen molar-refractivity contribution in [2.24, 2.45) is 11.7 Å². The Morgan fingerprint density at radius 1 is 1.21 bits per heavy atom. The van der Waals surface area contributed by atoms with E-state index in [0.29, 0.717) is 19.0 Å². The van der Waals surface area contributed by atoms with Gasteiger partial charge in [0.05, 0.1) is 0 Å². The Labute approximate surface area is 110 Å². The fourth-order valence-corrected chi connectivity index (χ4v) is 1.65. The van der Waals surface area contributed by atoms with E-state index >= 15 is 0 Å². The maximum atomic E-state index is 12.0. The Morgan fingerprint density at radius 3 is 2.21 bits per heavy atom. The number of benzene rings is 1. The number of hydrogen-bond donors (Lipinski definition) is 2. The minimum absolute atomic E-state index is 0.186. The van der Waals surface area contributed by atoms with Gasteiger partial charge >= 0.3 is 6.36 Å². The Morgan fingerprint density at radius 2 is 1.79 bits per heavy atom. The Hall–Kier alpha value is -1.27. The molecule has 19 heavy (non-hydrogen) atoms. The lowest BCUT2D eigenvalue weighted by Crippen LogP contribution is -2.39. The first kappa shape index (κ1) is 15.8. The number of hydrogen-bond acceptors (Lipinski definition) is 3. The molecule has 0 radical (unpaired) electrons. The van der Waals surface area contributed by atoms with E-state index in [2.05, 4.69) is 23.9 Å². The molecule has 1 unspecified atom stereocenters. The van der Waals surface area contributed by atoms with E-state index < -0.39 is 6.36 Å². The van der Waals surface area contributed by atoms with Crippen LogP contribution in [-0.2, 0) is 6.54 Å². The summed E-state index contributed by atoms with van der Waals surface area (Å²) in [5.74, 6) is 0.188. The largest absolute Gasteiger partial charge is 0.573 e. The van der Waals surface area contributed by atoms with Crippen LogP contribution in [0.4, 0.5) is 13.2 Å². The standard InChI is InChI=1S/C13H19F3N2O/c1-9(2)12(7-17)18-8-10-3-5-11(6-4-10)19-13(14,15)16/h3-6,9,12,18H,7-8,17H2,1-2H3. The second kappa shape index (κ2) is 6.77. The van der Waals surface area contributed by atoms with E-state index in [1.54, 1.807) is 12.1 Å². The topological polar surface area (TPSA) is 47.3 Å². The van der Waals surface area contributed by atoms with Crippen molar-refractivity contribution in [3.8, 4) is 5.75 Å². The molecular formula is C13H19F3N2O. The van der Waals surface area contributed by atoms with Crippen LogP contribution in [0, 0.1) is 5.92 Å². The average molecular weight is 276 g/mol. The SMILES string of the molecule is CC(C)C(CN)NCc1ccc(OC(F)(F)F)cc1. The highest BCUT2D eigenvalue weighted by Gasteiger charge is 2.30. The molecule has 1 aromatic rings. The number of nitrogens with one attached hydrogen (secondary N) is 1. The van der Waals surface area contributed by atoms with Gasteiger partial charge in [-0.15, -0.1) is 13.2 Å². The monoisotopic (exact) mass is 276 g/mol. The molecule has 0 spiro atoms. The smallest absolute Gasteiger partial charge is 0.406 e. The van der Waals surface area contributed by atoms with Gasteiger partial charge in [-0.05, 0) is 23.6 Å². The highest BCUT2D eigenvalue weighted by Crippen LogP contribution is 2.22. The summed E-state index contributed by atoms with van der Waals surface area (Å²) >= 11 is 0. The maximum absolute atomic E-state index is 12.0. The lowest BCUT2D eigenvalue weighted by Gasteiger charge is -2.20. The van der Waals surface area contributed by atoms with Gasteiger partial charge in [0.25, 0.3) is 0 Å². The van der Waals surface area contributed by atoms with Crippen molar-refractivity contribution in [1.29, 1.82) is 0 Å². The second-order valence-electron chi connectivity index (χ2n) is 4.66. The van der Waals surface area contributed by atoms with E-state index in [4.69, 9.17) is 5.73 Å². The zero-order valence-corrected chi connectivity index (χ0v) is 11.0. The first-order valence-corrected chi connectivity index (χ1v) is 6.10. The number of alkyl halides is 3. The van der Waals surface area contributed by atoms with Crippen molar-refractivity contribution < 1.29 is 17.9 Å². The van der Waals surface area contributed by atoms with E-state index in [-0.39, 0.29) is 11.8 Å². The van der Waals surface area contributed by atoms with Crippen molar-refractivity contribution in [2.75, 3.05) is 6.54 Å². The first-order chi connectivity index (χ1) is 8.81. The number of ether oxygens (including phenoxy) is 1. The molecule has 0 aliphatic carbocycles. The van der Waals surface area contributed by atoms with E-state index in [0.717, 1.165) is 5.56 Å². The molecule has 0 bridgehead atoms. The predicted molar refractivity (Wildman–Crippen MR) is 67.6 cm³/mol. The molecule has 0 amide bonds. The molecule has 0 saturated carbocycles. The number of nitrogens with two attached hydrogens (primary N) is 1. The van der Waals surface area contributed by atoms with Gasteiger partial charge in [0.15, 0.2) is 0 Å². The molecule has 1 aromatic carbocycles. The van der Waals surface area contributed by atoms with Crippen LogP contribution in [0.15, 0.2) is 24.3 Å². The van der Waals surface area contributed by atoms with Gasteiger partial charge in [0.1, 0.15) is 5.75 Å². The molecule has 1 rings (SSSR count). The highest BCUT2D eigenvalue weighted by molar-refractivity contribution is 5.27. The molecule has 0 heterocycles. The minimum Gasteiger partial charge on any atom is -0.406 e. The Bertz CT molecular complexity index is 376. The van der Waals surface area contributed by atoms with Gasteiger partial charge < -0.3 is 15.8 Å². The van der Waals surface area contributed by atoms with E-state index in [9.17, 15) is 13.2 Å². The lowest BCUT2D eigenvalue weighted by molar-refractivity contribution is -0.274. The van der Waals surface area contributed by atoms with Crippen molar-refractivity contribution in [3.63, 3.8) is 0 Å². The van der Waals surface area contributed by atoms with Crippen LogP contribution in [0.2, 0.25) is 0 Å². The van der Waals surface area contributed by atoms with Crippen molar-refractivity contribution in [3.05, 3.63) is 29.8 Å². The minimum atomic E-state index is -4.65. The molecule has 3 N–H and O–H groups in total. The third-order valence-corrected chi connectivity index (χ3v) is 2.78. The molecule has 0 aliphatic rings. The molecule has 0 fully saturated rings. The summed E-state index contributed by atoms with van der Waals surface area (Å²) in [5, 5.41) is 3.26. The molecule has 6 heteroatoms. The molecule has 0 saturated heterocycles. The van der Waals surface area contributed by atoms with Gasteiger partial charge in [0.2, 0.25) is 0 Å². The van der Waals surface area contributed by atoms with Gasteiger partial charge in [0, 0.05) is 19.1 Å². The van der Waals surface area contributed by atoms with Crippen LogP contribution >= 0.6 is 0 Å². The van der Waals surface area contributed by atoms with Crippen molar-refractivity contribution in [2.45, 2.75) is 32.8 Å². The van der Waals surface area contributed by atoms with Crippen LogP contribution in [0.5, 0.6) is 5.75 Å². The maximum Gasteiger partial charge on any atom is 0.573 e. The lowest BCUT2D eigenvalue weighted by atomic mass is 10.0. The van der Waals surface area contributed by atoms with Gasteiger partial charge in [-0.25, -0.2) is 0 Å². The summed E-state index contributed by atoms with van der Waals surface area (Å²) in [7, 11) is 0. The molecule has 3 nitrogen and oxygen atoms in total. The van der Waals surface area contributed by atoms with Gasteiger partial charge in [-0.1, -0.05) is 26.0 Å². The summed E-state index contributed by atoms with van der Waals surface area (Å²) in [6.45, 7) is 5.20. The first-order valence-electron chi connectivity index (χ1n) is 6.10. The third kappa shape index (κ3) is 5.94. The number of halogens is 3. The fraction of sp³-hybridized carbons (Fsp3) is 0.538. The predicted octanol–water partition coefficient (Wildman–Crippen LogP) is 2.66. The molecule has 1 atom stereocenters. The summed E-state index contributed by atoms with van der Waals surface area (Å²) < 4.78 is 39.7. The second-order valence-corrected chi connectivity index (χ2v) is 4.66. The molecule has 0 aliphatic heterocycles. The molecule has 0 aromatic heterocycles. The van der Waals surface area contributed by atoms with Gasteiger partial charge in [-0.2, -0.15) is 0 Å². The van der Waals surface area contributed by atoms with E-state index in [1.807, 2.05) is 0 Å². The van der Waals surface area contributed by atoms with Crippen molar-refractivity contribution in [1.82, 2.24) is 5.32 Å². The summed E-state index contributed by atoms with van der Waals surface area (Å²) in [6.07, 6.45) is -4.65. The van der Waals surface area contributed by atoms with Crippen molar-refractivity contribution >= 4 is 0 Å². The average Bonchev–Trinajstić information content (AvgIpc) is 2.29. The van der Waals surface area contributed by atoms with Crippen LogP contribution in [-0.4, -0.2) is 18.9 Å². The fourth-order valence-electron chi connectivity index (χ4n) is 1.65. The third-order valence-electron chi connectivity index (χ3n) is 2.78. The Balaban J connectivity index is 2.53. The zero-order chi connectivity index (χ0) is 14.5. The van der Waals surface area contributed by atoms with Crippen LogP contribution in [0.3, 0.4) is 0 Å². The normalized spacial score (nSPS) is 13.6. The number of rotatable bonds is 6. The van der Waals surface area contributed by atoms with Crippen LogP contribution < -0.4 is 15.8 Å². The van der Waals surface area contributed by atoms with Crippen LogP contribution in [0.1, 0.15) is 19.4 Å². The summed E-state index contributed by atoms with van der Waals surface area (Å²) in [4.78, 5) is 0. The molecular weight excluding hydrogens is 257 g/mol. The summed E-state index contributed by atoms with van der Waals surface area (Å²) in [5.41, 5.74) is 6.51. The van der Waals surface area contributed by atoms with Crippen LogP contribution in [0.25, 0.3) is 0 Å². The highest BCUT2D eigenvalue weighted by atomic mass is 19.4.